The Morgan fingerprint density at radius 2 is 1.80 bits per heavy atom. The quantitative estimate of drug-likeness (QED) is 0.456. The van der Waals surface area contributed by atoms with Crippen LogP contribution in [0.15, 0.2) is 11.6 Å². The van der Waals surface area contributed by atoms with E-state index in [4.69, 9.17) is 0 Å². The van der Waals surface area contributed by atoms with Gasteiger partial charge in [-0.3, -0.25) is 4.79 Å². The molecule has 0 aromatic rings. The van der Waals surface area contributed by atoms with Crippen LogP contribution in [0.1, 0.15) is 99.3 Å². The summed E-state index contributed by atoms with van der Waals surface area (Å²) in [7, 11) is 0. The number of carbonyl (C=O) groups excluding carboxylic acids is 1. The summed E-state index contributed by atoms with van der Waals surface area (Å²) in [6.45, 7) is 15.4. The van der Waals surface area contributed by atoms with Gasteiger partial charge in [0.1, 0.15) is 0 Å². The number of rotatable bonds is 2. The second-order valence-electron chi connectivity index (χ2n) is 13.1. The van der Waals surface area contributed by atoms with Crippen LogP contribution in [0.2, 0.25) is 0 Å². The van der Waals surface area contributed by atoms with Gasteiger partial charge in [-0.05, 0) is 115 Å². The van der Waals surface area contributed by atoms with E-state index in [0.29, 0.717) is 16.6 Å². The molecule has 10 atom stereocenters. The molecule has 0 aromatic carbocycles. The first-order valence-electron chi connectivity index (χ1n) is 13.4. The number of hydrogen-bond acceptors (Lipinski definition) is 1. The van der Waals surface area contributed by atoms with Crippen molar-refractivity contribution in [3.8, 4) is 0 Å². The average Bonchev–Trinajstić information content (AvgIpc) is 3.01. The molecule has 4 saturated carbocycles. The summed E-state index contributed by atoms with van der Waals surface area (Å²) < 4.78 is 0. The largest absolute Gasteiger partial charge is 0.295 e. The number of ketones is 1. The maximum Gasteiger partial charge on any atom is 0.155 e. The third-order valence-corrected chi connectivity index (χ3v) is 11.8. The molecule has 5 aliphatic carbocycles. The van der Waals surface area contributed by atoms with Crippen molar-refractivity contribution in [3.63, 3.8) is 0 Å². The Balaban J connectivity index is 1.49. The third kappa shape index (κ3) is 2.82. The van der Waals surface area contributed by atoms with Gasteiger partial charge in [-0.15, -0.1) is 0 Å². The molecule has 30 heavy (non-hydrogen) atoms. The molecule has 0 heterocycles. The topological polar surface area (TPSA) is 17.1 Å². The van der Waals surface area contributed by atoms with Crippen LogP contribution in [0.4, 0.5) is 0 Å². The molecular weight excluding hydrogens is 364 g/mol. The Labute approximate surface area is 185 Å². The SMILES string of the molecule is CC[C@@H]1C[C@H](C)[C@@H]2[C@H](C[C@@H]3[C@@H]4CCC5=CC(=O)CC[C@]5(C)[C@@H]4CC[C@]23C)[C@H]1C(C)C. The fourth-order valence-electron chi connectivity index (χ4n) is 10.8. The first kappa shape index (κ1) is 21.3. The maximum atomic E-state index is 12.1. The van der Waals surface area contributed by atoms with E-state index in [1.807, 2.05) is 0 Å². The van der Waals surface area contributed by atoms with E-state index in [1.165, 1.54) is 50.5 Å². The van der Waals surface area contributed by atoms with Crippen LogP contribution in [0.3, 0.4) is 0 Å². The Morgan fingerprint density at radius 3 is 2.50 bits per heavy atom. The molecule has 5 aliphatic rings. The van der Waals surface area contributed by atoms with Gasteiger partial charge in [-0.1, -0.05) is 53.5 Å². The number of carbonyl (C=O) groups is 1. The van der Waals surface area contributed by atoms with Crippen LogP contribution in [0, 0.1) is 64.1 Å². The molecule has 0 radical (unpaired) electrons. The zero-order chi connectivity index (χ0) is 21.4. The molecule has 5 rings (SSSR count). The summed E-state index contributed by atoms with van der Waals surface area (Å²) in [5.74, 6) is 8.61. The molecule has 4 fully saturated rings. The zero-order valence-electron chi connectivity index (χ0n) is 20.5. The van der Waals surface area contributed by atoms with Gasteiger partial charge in [0, 0.05) is 6.42 Å². The highest BCUT2D eigenvalue weighted by molar-refractivity contribution is 5.91. The molecule has 0 aliphatic heterocycles. The lowest BCUT2D eigenvalue weighted by molar-refractivity contribution is -0.117. The predicted molar refractivity (Wildman–Crippen MR) is 125 cm³/mol. The lowest BCUT2D eigenvalue weighted by Gasteiger charge is -2.59. The van der Waals surface area contributed by atoms with E-state index >= 15 is 0 Å². The first-order chi connectivity index (χ1) is 14.2. The average molecular weight is 411 g/mol. The summed E-state index contributed by atoms with van der Waals surface area (Å²) in [5, 5.41) is 0. The van der Waals surface area contributed by atoms with Crippen LogP contribution in [0.5, 0.6) is 0 Å². The summed E-state index contributed by atoms with van der Waals surface area (Å²) >= 11 is 0. The normalized spacial score (nSPS) is 52.9. The highest BCUT2D eigenvalue weighted by Gasteiger charge is 2.64. The molecule has 0 bridgehead atoms. The van der Waals surface area contributed by atoms with E-state index in [1.54, 1.807) is 0 Å². The fourth-order valence-corrected chi connectivity index (χ4v) is 10.8. The van der Waals surface area contributed by atoms with E-state index in [9.17, 15) is 4.79 Å². The molecule has 168 valence electrons. The molecule has 1 heteroatoms. The number of hydrogen-bond donors (Lipinski definition) is 0. The van der Waals surface area contributed by atoms with Gasteiger partial charge in [-0.2, -0.15) is 0 Å². The third-order valence-electron chi connectivity index (χ3n) is 11.8. The van der Waals surface area contributed by atoms with Crippen molar-refractivity contribution in [2.45, 2.75) is 99.3 Å². The van der Waals surface area contributed by atoms with E-state index in [-0.39, 0.29) is 0 Å². The molecule has 0 saturated heterocycles. The van der Waals surface area contributed by atoms with Crippen LogP contribution in [-0.4, -0.2) is 5.78 Å². The van der Waals surface area contributed by atoms with Gasteiger partial charge >= 0.3 is 0 Å². The molecule has 0 amide bonds. The van der Waals surface area contributed by atoms with Crippen molar-refractivity contribution >= 4 is 5.78 Å². The molecule has 1 nitrogen and oxygen atoms in total. The van der Waals surface area contributed by atoms with E-state index in [0.717, 1.165) is 66.1 Å². The van der Waals surface area contributed by atoms with Crippen molar-refractivity contribution in [3.05, 3.63) is 11.6 Å². The second-order valence-corrected chi connectivity index (χ2v) is 13.1. The summed E-state index contributed by atoms with van der Waals surface area (Å²) in [6, 6.07) is 0. The Kier molecular flexibility index (Phi) is 5.11. The number of fused-ring (bicyclic) bond motifs is 7. The van der Waals surface area contributed by atoms with Gasteiger partial charge in [0.15, 0.2) is 5.78 Å². The Bertz CT molecular complexity index is 733. The van der Waals surface area contributed by atoms with Gasteiger partial charge in [0.05, 0.1) is 0 Å². The smallest absolute Gasteiger partial charge is 0.155 e. The monoisotopic (exact) mass is 410 g/mol. The standard InChI is InChI=1S/C29H46O/c1-7-19-14-18(4)27-23(26(19)17(2)3)16-25-22-9-8-20-15-21(30)10-12-28(20,5)24(22)11-13-29(25,27)6/h15,17-19,22-27H,7-14,16H2,1-6H3/t18-,19+,22+,23+,24+,25+,26-,27+,28-,29-/m0/s1. The summed E-state index contributed by atoms with van der Waals surface area (Å²) in [5.41, 5.74) is 2.42. The summed E-state index contributed by atoms with van der Waals surface area (Å²) in [6.07, 6.45) is 13.8. The Hall–Kier alpha value is -0.590. The van der Waals surface area contributed by atoms with E-state index < -0.39 is 0 Å². The molecule has 0 N–H and O–H groups in total. The second kappa shape index (κ2) is 7.21. The van der Waals surface area contributed by atoms with Crippen LogP contribution < -0.4 is 0 Å². The van der Waals surface area contributed by atoms with Gasteiger partial charge in [0.25, 0.3) is 0 Å². The highest BCUT2D eigenvalue weighted by Crippen LogP contribution is 2.71. The van der Waals surface area contributed by atoms with Crippen LogP contribution in [0.25, 0.3) is 0 Å². The van der Waals surface area contributed by atoms with Gasteiger partial charge in [-0.25, -0.2) is 0 Å². The van der Waals surface area contributed by atoms with Gasteiger partial charge in [0.2, 0.25) is 0 Å². The first-order valence-corrected chi connectivity index (χ1v) is 13.4. The minimum Gasteiger partial charge on any atom is -0.295 e. The maximum absolute atomic E-state index is 12.1. The van der Waals surface area contributed by atoms with Crippen molar-refractivity contribution < 1.29 is 4.79 Å². The van der Waals surface area contributed by atoms with Crippen molar-refractivity contribution in [2.75, 3.05) is 0 Å². The highest BCUT2D eigenvalue weighted by atomic mass is 16.1. The molecule has 0 unspecified atom stereocenters. The zero-order valence-corrected chi connectivity index (χ0v) is 20.5. The molecular formula is C29H46O. The van der Waals surface area contributed by atoms with E-state index in [2.05, 4.69) is 47.6 Å². The Morgan fingerprint density at radius 1 is 1.03 bits per heavy atom. The molecule has 0 spiro atoms. The van der Waals surface area contributed by atoms with Crippen LogP contribution in [-0.2, 0) is 4.79 Å². The number of allylic oxidation sites excluding steroid dienone is 1. The minimum atomic E-state index is 0.320. The predicted octanol–water partition coefficient (Wildman–Crippen LogP) is 7.70. The van der Waals surface area contributed by atoms with Crippen molar-refractivity contribution in [1.82, 2.24) is 0 Å². The minimum absolute atomic E-state index is 0.320. The van der Waals surface area contributed by atoms with Crippen LogP contribution >= 0.6 is 0 Å². The van der Waals surface area contributed by atoms with Gasteiger partial charge < -0.3 is 0 Å². The van der Waals surface area contributed by atoms with Crippen molar-refractivity contribution in [2.24, 2.45) is 64.1 Å². The molecule has 0 aromatic heterocycles. The lowest BCUT2D eigenvalue weighted by Crippen LogP contribution is -2.51. The lowest BCUT2D eigenvalue weighted by atomic mass is 9.46. The fraction of sp³-hybridized carbons (Fsp3) is 0.897. The van der Waals surface area contributed by atoms with Crippen molar-refractivity contribution in [1.29, 1.82) is 0 Å². The summed E-state index contributed by atoms with van der Waals surface area (Å²) in [4.78, 5) is 12.1.